The molecule has 1 aromatic rings. The van der Waals surface area contributed by atoms with Crippen LogP contribution in [-0.2, 0) is 15.3 Å². The standard InChI is InChI=1S/C10H14O2S/c1-9(2)8-12-13(11)10-6-4-3-5-7-10/h3-7,9H,8H2,1-2H3. The molecule has 0 saturated carbocycles. The highest BCUT2D eigenvalue weighted by Crippen LogP contribution is 2.07. The molecule has 0 spiro atoms. The molecule has 0 aromatic heterocycles. The van der Waals surface area contributed by atoms with E-state index in [9.17, 15) is 4.21 Å². The van der Waals surface area contributed by atoms with Crippen molar-refractivity contribution >= 4 is 11.1 Å². The van der Waals surface area contributed by atoms with Gasteiger partial charge in [0.2, 0.25) is 0 Å². The lowest BCUT2D eigenvalue weighted by Crippen LogP contribution is -2.04. The van der Waals surface area contributed by atoms with E-state index < -0.39 is 11.1 Å². The Bertz CT molecular complexity index is 270. The summed E-state index contributed by atoms with van der Waals surface area (Å²) in [4.78, 5) is 0.725. The summed E-state index contributed by atoms with van der Waals surface area (Å²) in [5.41, 5.74) is 0. The van der Waals surface area contributed by atoms with E-state index in [1.807, 2.05) is 32.0 Å². The predicted octanol–water partition coefficient (Wildman–Crippen LogP) is 2.38. The van der Waals surface area contributed by atoms with Gasteiger partial charge >= 0.3 is 0 Å². The van der Waals surface area contributed by atoms with Gasteiger partial charge in [-0.15, -0.1) is 0 Å². The molecule has 0 heterocycles. The molecule has 2 nitrogen and oxygen atoms in total. The second-order valence-corrected chi connectivity index (χ2v) is 4.40. The van der Waals surface area contributed by atoms with Crippen molar-refractivity contribution in [3.8, 4) is 0 Å². The first-order chi connectivity index (χ1) is 6.20. The summed E-state index contributed by atoms with van der Waals surface area (Å²) >= 11 is -1.30. The van der Waals surface area contributed by atoms with Gasteiger partial charge in [0.05, 0.1) is 11.5 Å². The van der Waals surface area contributed by atoms with Gasteiger partial charge in [-0.05, 0) is 18.1 Å². The molecule has 1 unspecified atom stereocenters. The van der Waals surface area contributed by atoms with Gasteiger partial charge < -0.3 is 0 Å². The van der Waals surface area contributed by atoms with E-state index in [1.165, 1.54) is 0 Å². The summed E-state index contributed by atoms with van der Waals surface area (Å²) < 4.78 is 16.6. The lowest BCUT2D eigenvalue weighted by atomic mass is 10.2. The minimum absolute atomic E-state index is 0.410. The number of benzene rings is 1. The molecule has 0 fully saturated rings. The van der Waals surface area contributed by atoms with Gasteiger partial charge in [0.15, 0.2) is 11.1 Å². The van der Waals surface area contributed by atoms with Crippen LogP contribution >= 0.6 is 0 Å². The molecule has 0 aliphatic carbocycles. The fourth-order valence-corrected chi connectivity index (χ4v) is 1.71. The maximum absolute atomic E-state index is 11.4. The summed E-state index contributed by atoms with van der Waals surface area (Å²) in [6.07, 6.45) is 0. The van der Waals surface area contributed by atoms with Crippen molar-refractivity contribution in [2.75, 3.05) is 6.61 Å². The van der Waals surface area contributed by atoms with Gasteiger partial charge in [0.25, 0.3) is 0 Å². The van der Waals surface area contributed by atoms with E-state index >= 15 is 0 Å². The molecule has 72 valence electrons. The third-order valence-electron chi connectivity index (χ3n) is 1.44. The number of rotatable bonds is 4. The van der Waals surface area contributed by atoms with Crippen LogP contribution in [-0.4, -0.2) is 10.8 Å². The molecule has 3 heteroatoms. The Morgan fingerprint density at radius 1 is 1.31 bits per heavy atom. The minimum atomic E-state index is -1.30. The second-order valence-electron chi connectivity index (χ2n) is 3.23. The van der Waals surface area contributed by atoms with E-state index in [4.69, 9.17) is 4.18 Å². The predicted molar refractivity (Wildman–Crippen MR) is 53.6 cm³/mol. The summed E-state index contributed by atoms with van der Waals surface area (Å²) in [5, 5.41) is 0. The van der Waals surface area contributed by atoms with E-state index in [2.05, 4.69) is 0 Å². The van der Waals surface area contributed by atoms with Crippen LogP contribution in [0.5, 0.6) is 0 Å². The maximum atomic E-state index is 11.4. The van der Waals surface area contributed by atoms with Gasteiger partial charge in [-0.1, -0.05) is 32.0 Å². The molecular weight excluding hydrogens is 184 g/mol. The fourth-order valence-electron chi connectivity index (χ4n) is 0.798. The first kappa shape index (κ1) is 10.4. The van der Waals surface area contributed by atoms with Crippen molar-refractivity contribution in [3.05, 3.63) is 30.3 Å². The van der Waals surface area contributed by atoms with Gasteiger partial charge in [0.1, 0.15) is 0 Å². The van der Waals surface area contributed by atoms with Gasteiger partial charge in [-0.2, -0.15) is 0 Å². The van der Waals surface area contributed by atoms with E-state index in [-0.39, 0.29) is 0 Å². The monoisotopic (exact) mass is 198 g/mol. The molecule has 13 heavy (non-hydrogen) atoms. The highest BCUT2D eigenvalue weighted by Gasteiger charge is 2.04. The summed E-state index contributed by atoms with van der Waals surface area (Å²) in [6.45, 7) is 4.59. The molecular formula is C10H14O2S. The third-order valence-corrected chi connectivity index (χ3v) is 2.45. The Morgan fingerprint density at radius 2 is 1.92 bits per heavy atom. The summed E-state index contributed by atoms with van der Waals surface area (Å²) in [5.74, 6) is 0.410. The third kappa shape index (κ3) is 3.70. The molecule has 0 aliphatic rings. The normalized spacial score (nSPS) is 13.2. The van der Waals surface area contributed by atoms with Crippen LogP contribution in [0.4, 0.5) is 0 Å². The van der Waals surface area contributed by atoms with Crippen LogP contribution in [0.1, 0.15) is 13.8 Å². The quantitative estimate of drug-likeness (QED) is 0.742. The molecule has 1 atom stereocenters. The van der Waals surface area contributed by atoms with E-state index in [1.54, 1.807) is 12.1 Å². The first-order valence-electron chi connectivity index (χ1n) is 4.30. The highest BCUT2D eigenvalue weighted by atomic mass is 32.2. The Balaban J connectivity index is 2.50. The van der Waals surface area contributed by atoms with Crippen molar-refractivity contribution in [1.29, 1.82) is 0 Å². The summed E-state index contributed by atoms with van der Waals surface area (Å²) in [6, 6.07) is 9.20. The number of hydrogen-bond donors (Lipinski definition) is 0. The molecule has 0 radical (unpaired) electrons. The first-order valence-corrected chi connectivity index (χ1v) is 5.37. The zero-order valence-electron chi connectivity index (χ0n) is 7.90. The second kappa shape index (κ2) is 5.14. The SMILES string of the molecule is CC(C)COS(=O)c1ccccc1. The molecule has 0 amide bonds. The lowest BCUT2D eigenvalue weighted by molar-refractivity contribution is 0.296. The van der Waals surface area contributed by atoms with Crippen molar-refractivity contribution in [2.45, 2.75) is 18.7 Å². The zero-order chi connectivity index (χ0) is 9.68. The lowest BCUT2D eigenvalue weighted by Gasteiger charge is -2.05. The topological polar surface area (TPSA) is 26.3 Å². The Hall–Kier alpha value is -0.670. The molecule has 1 aromatic carbocycles. The average molecular weight is 198 g/mol. The van der Waals surface area contributed by atoms with E-state index in [0.717, 1.165) is 4.90 Å². The molecule has 0 aliphatic heterocycles. The van der Waals surface area contributed by atoms with Crippen LogP contribution in [0.15, 0.2) is 35.2 Å². The molecule has 0 saturated heterocycles. The van der Waals surface area contributed by atoms with Crippen molar-refractivity contribution in [1.82, 2.24) is 0 Å². The van der Waals surface area contributed by atoms with Crippen LogP contribution < -0.4 is 0 Å². The summed E-state index contributed by atoms with van der Waals surface area (Å²) in [7, 11) is 0. The van der Waals surface area contributed by atoms with Gasteiger partial charge in [0, 0.05) is 0 Å². The highest BCUT2D eigenvalue weighted by molar-refractivity contribution is 7.80. The molecule has 0 N–H and O–H groups in total. The van der Waals surface area contributed by atoms with Gasteiger partial charge in [-0.25, -0.2) is 4.21 Å². The smallest absolute Gasteiger partial charge is 0.189 e. The number of hydrogen-bond acceptors (Lipinski definition) is 2. The van der Waals surface area contributed by atoms with Crippen molar-refractivity contribution < 1.29 is 8.39 Å². The van der Waals surface area contributed by atoms with Crippen LogP contribution in [0.2, 0.25) is 0 Å². The van der Waals surface area contributed by atoms with Gasteiger partial charge in [-0.3, -0.25) is 4.18 Å². The molecule has 1 rings (SSSR count). The fraction of sp³-hybridized carbons (Fsp3) is 0.400. The average Bonchev–Trinajstić information content (AvgIpc) is 2.15. The maximum Gasteiger partial charge on any atom is 0.189 e. The molecule has 0 bridgehead atoms. The largest absolute Gasteiger partial charge is 0.286 e. The Morgan fingerprint density at radius 3 is 2.46 bits per heavy atom. The Kier molecular flexibility index (Phi) is 4.12. The van der Waals surface area contributed by atoms with Crippen LogP contribution in [0.25, 0.3) is 0 Å². The van der Waals surface area contributed by atoms with Crippen molar-refractivity contribution in [2.24, 2.45) is 5.92 Å². The Labute approximate surface area is 81.6 Å². The van der Waals surface area contributed by atoms with Crippen LogP contribution in [0, 0.1) is 5.92 Å². The van der Waals surface area contributed by atoms with Crippen molar-refractivity contribution in [3.63, 3.8) is 0 Å². The van der Waals surface area contributed by atoms with Crippen LogP contribution in [0.3, 0.4) is 0 Å². The minimum Gasteiger partial charge on any atom is -0.286 e. The zero-order valence-corrected chi connectivity index (χ0v) is 8.71. The van der Waals surface area contributed by atoms with E-state index in [0.29, 0.717) is 12.5 Å².